The number of nitrogens with zero attached hydrogens (tertiary/aromatic N) is 1. The zero-order valence-electron chi connectivity index (χ0n) is 18.1. The van der Waals surface area contributed by atoms with E-state index in [4.69, 9.17) is 4.74 Å². The summed E-state index contributed by atoms with van der Waals surface area (Å²) < 4.78 is 18.4. The SMILES string of the molecule is CCOC(=O)c1c(NC(=O)C2CCN(C(=O)c3ccc(F)cc3)CC2)sc2c1CCCC2. The number of likely N-dealkylation sites (tertiary alicyclic amines) is 1. The highest BCUT2D eigenvalue weighted by molar-refractivity contribution is 7.17. The van der Waals surface area contributed by atoms with Crippen LogP contribution in [0.2, 0.25) is 0 Å². The van der Waals surface area contributed by atoms with Gasteiger partial charge in [0, 0.05) is 29.4 Å². The maximum Gasteiger partial charge on any atom is 0.341 e. The minimum atomic E-state index is -0.380. The molecule has 0 bridgehead atoms. The van der Waals surface area contributed by atoms with Crippen LogP contribution in [0.5, 0.6) is 0 Å². The zero-order valence-corrected chi connectivity index (χ0v) is 18.9. The summed E-state index contributed by atoms with van der Waals surface area (Å²) in [5, 5.41) is 3.58. The monoisotopic (exact) mass is 458 g/mol. The highest BCUT2D eigenvalue weighted by atomic mass is 32.1. The molecule has 1 N–H and O–H groups in total. The standard InChI is InChI=1S/C24H27FN2O4S/c1-2-31-24(30)20-18-5-3-4-6-19(18)32-22(20)26-21(28)15-11-13-27(14-12-15)23(29)16-7-9-17(25)10-8-16/h7-10,15H,2-6,11-14H2,1H3,(H,26,28). The number of carbonyl (C=O) groups is 3. The molecule has 1 aromatic heterocycles. The maximum atomic E-state index is 13.1. The number of benzene rings is 1. The fraction of sp³-hybridized carbons (Fsp3) is 0.458. The number of halogens is 1. The van der Waals surface area contributed by atoms with Crippen molar-refractivity contribution in [2.24, 2.45) is 5.92 Å². The summed E-state index contributed by atoms with van der Waals surface area (Å²) in [4.78, 5) is 41.1. The summed E-state index contributed by atoms with van der Waals surface area (Å²) in [6.45, 7) is 2.98. The molecule has 0 spiro atoms. The molecule has 32 heavy (non-hydrogen) atoms. The molecular formula is C24H27FN2O4S. The lowest BCUT2D eigenvalue weighted by atomic mass is 9.94. The lowest BCUT2D eigenvalue weighted by Gasteiger charge is -2.31. The molecule has 1 aliphatic heterocycles. The van der Waals surface area contributed by atoms with Crippen molar-refractivity contribution in [2.75, 3.05) is 25.0 Å². The topological polar surface area (TPSA) is 75.7 Å². The Morgan fingerprint density at radius 1 is 1.12 bits per heavy atom. The van der Waals surface area contributed by atoms with E-state index in [9.17, 15) is 18.8 Å². The Labute approximate surface area is 190 Å². The Balaban J connectivity index is 1.41. The van der Waals surface area contributed by atoms with Gasteiger partial charge in [0.05, 0.1) is 12.2 Å². The number of piperidine rings is 1. The number of anilines is 1. The Hall–Kier alpha value is -2.74. The second-order valence-corrected chi connectivity index (χ2v) is 9.30. The Morgan fingerprint density at radius 3 is 2.50 bits per heavy atom. The molecular weight excluding hydrogens is 431 g/mol. The average Bonchev–Trinajstić information content (AvgIpc) is 3.17. The lowest BCUT2D eigenvalue weighted by molar-refractivity contribution is -0.121. The molecule has 1 aliphatic carbocycles. The zero-order chi connectivity index (χ0) is 22.7. The number of carbonyl (C=O) groups excluding carboxylic acids is 3. The number of rotatable bonds is 5. The van der Waals surface area contributed by atoms with Crippen molar-refractivity contribution in [1.29, 1.82) is 0 Å². The van der Waals surface area contributed by atoms with E-state index in [-0.39, 0.29) is 36.1 Å². The molecule has 8 heteroatoms. The van der Waals surface area contributed by atoms with Crippen LogP contribution in [0.15, 0.2) is 24.3 Å². The van der Waals surface area contributed by atoms with Crippen LogP contribution >= 0.6 is 11.3 Å². The van der Waals surface area contributed by atoms with Crippen LogP contribution in [0.3, 0.4) is 0 Å². The van der Waals surface area contributed by atoms with Gasteiger partial charge in [-0.3, -0.25) is 9.59 Å². The highest BCUT2D eigenvalue weighted by Crippen LogP contribution is 2.39. The molecule has 0 unspecified atom stereocenters. The number of aryl methyl sites for hydroxylation is 1. The molecule has 1 saturated heterocycles. The number of esters is 1. The quantitative estimate of drug-likeness (QED) is 0.673. The molecule has 1 fully saturated rings. The predicted molar refractivity (Wildman–Crippen MR) is 121 cm³/mol. The number of nitrogens with one attached hydrogen (secondary N) is 1. The average molecular weight is 459 g/mol. The van der Waals surface area contributed by atoms with Crippen LogP contribution in [-0.2, 0) is 22.4 Å². The van der Waals surface area contributed by atoms with E-state index in [0.29, 0.717) is 42.1 Å². The van der Waals surface area contributed by atoms with E-state index < -0.39 is 0 Å². The van der Waals surface area contributed by atoms with Crippen LogP contribution in [0.4, 0.5) is 9.39 Å². The number of hydrogen-bond acceptors (Lipinski definition) is 5. The normalized spacial score (nSPS) is 16.4. The van der Waals surface area contributed by atoms with Gasteiger partial charge < -0.3 is 15.0 Å². The van der Waals surface area contributed by atoms with Gasteiger partial charge in [0.2, 0.25) is 5.91 Å². The van der Waals surface area contributed by atoms with E-state index in [0.717, 1.165) is 36.1 Å². The van der Waals surface area contributed by atoms with Crippen LogP contribution < -0.4 is 5.32 Å². The molecule has 2 heterocycles. The molecule has 0 radical (unpaired) electrons. The lowest BCUT2D eigenvalue weighted by Crippen LogP contribution is -2.41. The van der Waals surface area contributed by atoms with E-state index in [2.05, 4.69) is 5.32 Å². The summed E-state index contributed by atoms with van der Waals surface area (Å²) >= 11 is 1.48. The minimum Gasteiger partial charge on any atom is -0.462 e. The van der Waals surface area contributed by atoms with E-state index in [1.54, 1.807) is 11.8 Å². The minimum absolute atomic E-state index is 0.122. The largest absolute Gasteiger partial charge is 0.462 e. The molecule has 4 rings (SSSR count). The third-order valence-corrected chi connectivity index (χ3v) is 7.34. The summed E-state index contributed by atoms with van der Waals surface area (Å²) in [7, 11) is 0. The number of fused-ring (bicyclic) bond motifs is 1. The fourth-order valence-corrected chi connectivity index (χ4v) is 5.69. The second-order valence-electron chi connectivity index (χ2n) is 8.20. The third-order valence-electron chi connectivity index (χ3n) is 6.13. The van der Waals surface area contributed by atoms with Crippen molar-refractivity contribution >= 4 is 34.1 Å². The second kappa shape index (κ2) is 9.81. The van der Waals surface area contributed by atoms with Gasteiger partial charge in [-0.05, 0) is 75.3 Å². The van der Waals surface area contributed by atoms with Crippen molar-refractivity contribution in [3.8, 4) is 0 Å². The predicted octanol–water partition coefficient (Wildman–Crippen LogP) is 4.43. The first-order valence-electron chi connectivity index (χ1n) is 11.1. The highest BCUT2D eigenvalue weighted by Gasteiger charge is 2.31. The van der Waals surface area contributed by atoms with Crippen molar-refractivity contribution in [3.63, 3.8) is 0 Å². The number of ether oxygens (including phenoxy) is 1. The molecule has 6 nitrogen and oxygen atoms in total. The van der Waals surface area contributed by atoms with Crippen LogP contribution in [0.1, 0.15) is 63.8 Å². The Kier molecular flexibility index (Phi) is 6.89. The number of amides is 2. The molecule has 0 atom stereocenters. The summed E-state index contributed by atoms with van der Waals surface area (Å²) in [6, 6.07) is 5.50. The molecule has 170 valence electrons. The molecule has 0 saturated carbocycles. The van der Waals surface area contributed by atoms with Crippen molar-refractivity contribution in [1.82, 2.24) is 4.90 Å². The van der Waals surface area contributed by atoms with E-state index in [1.807, 2.05) is 0 Å². The molecule has 1 aromatic carbocycles. The van der Waals surface area contributed by atoms with Gasteiger partial charge in [0.1, 0.15) is 10.8 Å². The van der Waals surface area contributed by atoms with Gasteiger partial charge in [-0.2, -0.15) is 0 Å². The van der Waals surface area contributed by atoms with Crippen LogP contribution in [0, 0.1) is 11.7 Å². The number of thiophene rings is 1. The fourth-order valence-electron chi connectivity index (χ4n) is 4.41. The maximum absolute atomic E-state index is 13.1. The Bertz CT molecular complexity index is 1010. The number of hydrogen-bond donors (Lipinski definition) is 1. The van der Waals surface area contributed by atoms with E-state index in [1.165, 1.54) is 35.6 Å². The van der Waals surface area contributed by atoms with E-state index >= 15 is 0 Å². The summed E-state index contributed by atoms with van der Waals surface area (Å²) in [5.41, 5.74) is 1.98. The Morgan fingerprint density at radius 2 is 1.81 bits per heavy atom. The smallest absolute Gasteiger partial charge is 0.341 e. The van der Waals surface area contributed by atoms with Crippen molar-refractivity contribution in [2.45, 2.75) is 45.4 Å². The first-order chi connectivity index (χ1) is 15.5. The molecule has 2 aliphatic rings. The van der Waals surface area contributed by atoms with Gasteiger partial charge in [0.15, 0.2) is 0 Å². The van der Waals surface area contributed by atoms with Crippen LogP contribution in [0.25, 0.3) is 0 Å². The van der Waals surface area contributed by atoms with Crippen LogP contribution in [-0.4, -0.2) is 42.4 Å². The van der Waals surface area contributed by atoms with Gasteiger partial charge in [-0.15, -0.1) is 11.3 Å². The van der Waals surface area contributed by atoms with Crippen molar-refractivity contribution < 1.29 is 23.5 Å². The summed E-state index contributed by atoms with van der Waals surface area (Å²) in [5.74, 6) is -1.26. The molecule has 2 aromatic rings. The van der Waals surface area contributed by atoms with Gasteiger partial charge in [-0.1, -0.05) is 0 Å². The third kappa shape index (κ3) is 4.70. The van der Waals surface area contributed by atoms with Gasteiger partial charge in [0.25, 0.3) is 5.91 Å². The van der Waals surface area contributed by atoms with Crippen molar-refractivity contribution in [3.05, 3.63) is 51.7 Å². The van der Waals surface area contributed by atoms with Gasteiger partial charge >= 0.3 is 5.97 Å². The summed E-state index contributed by atoms with van der Waals surface area (Å²) in [6.07, 6.45) is 4.96. The van der Waals surface area contributed by atoms with Gasteiger partial charge in [-0.25, -0.2) is 9.18 Å². The first kappa shape index (κ1) is 22.5. The molecule has 2 amide bonds. The first-order valence-corrected chi connectivity index (χ1v) is 12.0.